The molecule has 0 radical (unpaired) electrons. The standard InChI is InChI=1S/C26H31N5O3/c1-2-3-14-31-24(27)23(25(33)28-26(31)34)30(16-19-9-5-4-6-10-19)18-22(32)29-15-13-20-11-7-8-12-21(20)17-29/h4-12H,2-3,13-18,27H2,1H3,(H,28,33,34). The minimum absolute atomic E-state index is 0.0175. The Morgan fingerprint density at radius 1 is 1.06 bits per heavy atom. The van der Waals surface area contributed by atoms with E-state index < -0.39 is 11.2 Å². The lowest BCUT2D eigenvalue weighted by Crippen LogP contribution is -2.45. The highest BCUT2D eigenvalue weighted by Gasteiger charge is 2.26. The molecule has 0 aliphatic carbocycles. The molecule has 3 N–H and O–H groups in total. The zero-order valence-electron chi connectivity index (χ0n) is 19.5. The molecule has 1 aliphatic rings. The number of hydrogen-bond acceptors (Lipinski definition) is 5. The summed E-state index contributed by atoms with van der Waals surface area (Å²) < 4.78 is 1.39. The summed E-state index contributed by atoms with van der Waals surface area (Å²) in [5.74, 6) is 0.00506. The maximum absolute atomic E-state index is 13.4. The fourth-order valence-corrected chi connectivity index (χ4v) is 4.41. The predicted octanol–water partition coefficient (Wildman–Crippen LogP) is 2.51. The molecular weight excluding hydrogens is 430 g/mol. The number of unbranched alkanes of at least 4 members (excludes halogenated alkanes) is 1. The van der Waals surface area contributed by atoms with Crippen LogP contribution in [0.2, 0.25) is 0 Å². The number of hydrogen-bond donors (Lipinski definition) is 2. The SMILES string of the molecule is CCCCn1c(N)c(N(CC(=O)N2CCc3ccccc3C2)Cc2ccccc2)c(=O)[nH]c1=O. The number of amides is 1. The molecule has 178 valence electrons. The number of carbonyl (C=O) groups excluding carboxylic acids is 1. The average molecular weight is 462 g/mol. The highest BCUT2D eigenvalue weighted by molar-refractivity contribution is 5.83. The van der Waals surface area contributed by atoms with E-state index in [1.54, 1.807) is 4.90 Å². The van der Waals surface area contributed by atoms with Crippen LogP contribution in [0.1, 0.15) is 36.5 Å². The fourth-order valence-electron chi connectivity index (χ4n) is 4.41. The van der Waals surface area contributed by atoms with Crippen LogP contribution in [0.15, 0.2) is 64.2 Å². The summed E-state index contributed by atoms with van der Waals surface area (Å²) in [6, 6.07) is 17.7. The molecular formula is C26H31N5O3. The van der Waals surface area contributed by atoms with Crippen LogP contribution in [0.4, 0.5) is 11.5 Å². The maximum Gasteiger partial charge on any atom is 0.330 e. The van der Waals surface area contributed by atoms with Crippen molar-refractivity contribution in [2.45, 2.75) is 45.8 Å². The topological polar surface area (TPSA) is 104 Å². The molecule has 0 bridgehead atoms. The van der Waals surface area contributed by atoms with E-state index in [1.807, 2.05) is 60.4 Å². The molecule has 0 saturated heterocycles. The summed E-state index contributed by atoms with van der Waals surface area (Å²) in [6.45, 7) is 3.88. The normalized spacial score (nSPS) is 12.9. The fraction of sp³-hybridized carbons (Fsp3) is 0.346. The number of rotatable bonds is 8. The molecule has 0 unspecified atom stereocenters. The lowest BCUT2D eigenvalue weighted by atomic mass is 10.00. The minimum Gasteiger partial charge on any atom is -0.383 e. The Bertz CT molecular complexity index is 1270. The monoisotopic (exact) mass is 461 g/mol. The van der Waals surface area contributed by atoms with Gasteiger partial charge in [-0.15, -0.1) is 0 Å². The van der Waals surface area contributed by atoms with Gasteiger partial charge in [-0.3, -0.25) is 19.1 Å². The predicted molar refractivity (Wildman–Crippen MR) is 134 cm³/mol. The number of aromatic amines is 1. The smallest absolute Gasteiger partial charge is 0.330 e. The Hall–Kier alpha value is -3.81. The first kappa shape index (κ1) is 23.4. The third kappa shape index (κ3) is 5.06. The van der Waals surface area contributed by atoms with Crippen molar-refractivity contribution in [1.29, 1.82) is 0 Å². The second-order valence-corrected chi connectivity index (χ2v) is 8.67. The van der Waals surface area contributed by atoms with Crippen molar-refractivity contribution in [2.24, 2.45) is 0 Å². The van der Waals surface area contributed by atoms with E-state index in [1.165, 1.54) is 10.1 Å². The lowest BCUT2D eigenvalue weighted by molar-refractivity contribution is -0.130. The number of nitrogens with two attached hydrogens (primary N) is 1. The quantitative estimate of drug-likeness (QED) is 0.536. The van der Waals surface area contributed by atoms with Crippen molar-refractivity contribution in [3.63, 3.8) is 0 Å². The van der Waals surface area contributed by atoms with Gasteiger partial charge in [0.25, 0.3) is 5.56 Å². The van der Waals surface area contributed by atoms with Gasteiger partial charge in [-0.05, 0) is 29.5 Å². The number of carbonyl (C=O) groups is 1. The molecule has 1 aliphatic heterocycles. The summed E-state index contributed by atoms with van der Waals surface area (Å²) in [6.07, 6.45) is 2.43. The third-order valence-electron chi connectivity index (χ3n) is 6.29. The summed E-state index contributed by atoms with van der Waals surface area (Å²) >= 11 is 0. The van der Waals surface area contributed by atoms with E-state index in [-0.39, 0.29) is 24.0 Å². The van der Waals surface area contributed by atoms with E-state index in [0.717, 1.165) is 30.4 Å². The van der Waals surface area contributed by atoms with Gasteiger partial charge in [0.2, 0.25) is 5.91 Å². The molecule has 8 heteroatoms. The third-order valence-corrected chi connectivity index (χ3v) is 6.29. The van der Waals surface area contributed by atoms with Gasteiger partial charge < -0.3 is 15.5 Å². The van der Waals surface area contributed by atoms with E-state index in [4.69, 9.17) is 5.73 Å². The van der Waals surface area contributed by atoms with Crippen LogP contribution in [-0.4, -0.2) is 33.4 Å². The number of fused-ring (bicyclic) bond motifs is 1. The Morgan fingerprint density at radius 3 is 2.50 bits per heavy atom. The summed E-state index contributed by atoms with van der Waals surface area (Å²) in [5, 5.41) is 0. The number of nitrogens with zero attached hydrogens (tertiary/aromatic N) is 3. The second kappa shape index (κ2) is 10.4. The van der Waals surface area contributed by atoms with Crippen LogP contribution < -0.4 is 21.9 Å². The number of anilines is 2. The zero-order valence-corrected chi connectivity index (χ0v) is 19.5. The average Bonchev–Trinajstić information content (AvgIpc) is 2.84. The molecule has 2 aromatic carbocycles. The van der Waals surface area contributed by atoms with Crippen LogP contribution in [-0.2, 0) is 30.8 Å². The van der Waals surface area contributed by atoms with Crippen LogP contribution in [0.25, 0.3) is 0 Å². The van der Waals surface area contributed by atoms with Gasteiger partial charge in [0.1, 0.15) is 11.5 Å². The van der Waals surface area contributed by atoms with Gasteiger partial charge in [-0.25, -0.2) is 4.79 Å². The molecule has 1 amide bonds. The molecule has 2 heterocycles. The van der Waals surface area contributed by atoms with Crippen molar-refractivity contribution in [3.05, 3.63) is 92.1 Å². The van der Waals surface area contributed by atoms with Gasteiger partial charge in [0.05, 0.1) is 6.54 Å². The van der Waals surface area contributed by atoms with Crippen LogP contribution in [0.3, 0.4) is 0 Å². The number of nitrogens with one attached hydrogen (secondary N) is 1. The largest absolute Gasteiger partial charge is 0.383 e. The van der Waals surface area contributed by atoms with Gasteiger partial charge in [-0.1, -0.05) is 67.9 Å². The maximum atomic E-state index is 13.4. The first-order chi connectivity index (χ1) is 16.5. The molecule has 34 heavy (non-hydrogen) atoms. The van der Waals surface area contributed by atoms with Crippen LogP contribution in [0.5, 0.6) is 0 Å². The Balaban J connectivity index is 1.66. The second-order valence-electron chi connectivity index (χ2n) is 8.67. The van der Waals surface area contributed by atoms with Crippen molar-refractivity contribution < 1.29 is 4.79 Å². The molecule has 8 nitrogen and oxygen atoms in total. The number of benzene rings is 2. The van der Waals surface area contributed by atoms with Crippen LogP contribution in [0, 0.1) is 0 Å². The van der Waals surface area contributed by atoms with E-state index >= 15 is 0 Å². The van der Waals surface area contributed by atoms with Gasteiger partial charge in [0.15, 0.2) is 0 Å². The Kier molecular flexibility index (Phi) is 7.15. The number of nitrogen functional groups attached to an aromatic ring is 1. The summed E-state index contributed by atoms with van der Waals surface area (Å²) in [4.78, 5) is 44.6. The van der Waals surface area contributed by atoms with Crippen molar-refractivity contribution >= 4 is 17.4 Å². The van der Waals surface area contributed by atoms with Gasteiger partial charge in [0, 0.05) is 26.2 Å². The van der Waals surface area contributed by atoms with Gasteiger partial charge >= 0.3 is 5.69 Å². The van der Waals surface area contributed by atoms with E-state index in [2.05, 4.69) is 11.1 Å². The Labute approximate surface area is 198 Å². The minimum atomic E-state index is -0.581. The molecule has 0 saturated carbocycles. The molecule has 4 rings (SSSR count). The molecule has 1 aromatic heterocycles. The number of aromatic nitrogens is 2. The van der Waals surface area contributed by atoms with E-state index in [0.29, 0.717) is 26.2 Å². The van der Waals surface area contributed by atoms with Crippen molar-refractivity contribution in [3.8, 4) is 0 Å². The lowest BCUT2D eigenvalue weighted by Gasteiger charge is -2.32. The summed E-state index contributed by atoms with van der Waals surface area (Å²) in [7, 11) is 0. The molecule has 0 spiro atoms. The Morgan fingerprint density at radius 2 is 1.76 bits per heavy atom. The molecule has 0 atom stereocenters. The molecule has 0 fully saturated rings. The highest BCUT2D eigenvalue weighted by Crippen LogP contribution is 2.22. The van der Waals surface area contributed by atoms with Crippen LogP contribution >= 0.6 is 0 Å². The first-order valence-corrected chi connectivity index (χ1v) is 11.7. The summed E-state index contributed by atoms with van der Waals surface area (Å²) in [5.41, 5.74) is 8.76. The van der Waals surface area contributed by atoms with Crippen molar-refractivity contribution in [2.75, 3.05) is 23.7 Å². The first-order valence-electron chi connectivity index (χ1n) is 11.7. The van der Waals surface area contributed by atoms with Gasteiger partial charge in [-0.2, -0.15) is 0 Å². The number of H-pyrrole nitrogens is 1. The highest BCUT2D eigenvalue weighted by atomic mass is 16.2. The van der Waals surface area contributed by atoms with E-state index in [9.17, 15) is 14.4 Å². The van der Waals surface area contributed by atoms with Crippen molar-refractivity contribution in [1.82, 2.24) is 14.5 Å². The molecule has 3 aromatic rings. The zero-order chi connectivity index (χ0) is 24.1.